The molecule has 2 aromatic carbocycles. The van der Waals surface area contributed by atoms with Crippen molar-refractivity contribution in [1.29, 1.82) is 0 Å². The van der Waals surface area contributed by atoms with Gasteiger partial charge in [0.2, 0.25) is 0 Å². The Balaban J connectivity index is 1.76. The van der Waals surface area contributed by atoms with Crippen molar-refractivity contribution in [3.05, 3.63) is 83.2 Å². The van der Waals surface area contributed by atoms with Gasteiger partial charge in [-0.2, -0.15) is 5.10 Å². The molecular weight excluding hydrogens is 310 g/mol. The molecule has 0 aliphatic rings. The van der Waals surface area contributed by atoms with E-state index < -0.39 is 0 Å². The minimum atomic E-state index is -0.0695. The summed E-state index contributed by atoms with van der Waals surface area (Å²) in [6.45, 7) is 6.52. The molecule has 1 amide bonds. The van der Waals surface area contributed by atoms with E-state index in [0.717, 1.165) is 17.1 Å². The van der Waals surface area contributed by atoms with Crippen LogP contribution in [-0.2, 0) is 0 Å². The maximum Gasteiger partial charge on any atom is 0.255 e. The maximum atomic E-state index is 12.7. The molecule has 0 aliphatic carbocycles. The number of hydrogen-bond acceptors (Lipinski definition) is 2. The molecule has 128 valence electrons. The summed E-state index contributed by atoms with van der Waals surface area (Å²) in [6.07, 6.45) is 0. The van der Waals surface area contributed by atoms with E-state index >= 15 is 0 Å². The average Bonchev–Trinajstić information content (AvgIpc) is 2.95. The molecule has 0 fully saturated rings. The fraction of sp³-hybridized carbons (Fsp3) is 0.238. The Morgan fingerprint density at radius 2 is 1.64 bits per heavy atom. The molecule has 0 aliphatic heterocycles. The standard InChI is InChI=1S/C21H23N3O/c1-15(18-10-6-4-7-11-18)14-22-21(25)20-16(2)23-24(17(20)3)19-12-8-5-9-13-19/h4-13,15H,14H2,1-3H3,(H,22,25). The molecule has 1 atom stereocenters. The van der Waals surface area contributed by atoms with Gasteiger partial charge in [-0.1, -0.05) is 55.5 Å². The van der Waals surface area contributed by atoms with Gasteiger partial charge in [0.15, 0.2) is 0 Å². The second kappa shape index (κ2) is 7.34. The van der Waals surface area contributed by atoms with Gasteiger partial charge in [-0.05, 0) is 37.5 Å². The first-order valence-electron chi connectivity index (χ1n) is 8.52. The number of nitrogens with one attached hydrogen (secondary N) is 1. The fourth-order valence-corrected chi connectivity index (χ4v) is 3.03. The number of carbonyl (C=O) groups is 1. The number of para-hydroxylation sites is 1. The van der Waals surface area contributed by atoms with E-state index in [-0.39, 0.29) is 11.8 Å². The molecule has 25 heavy (non-hydrogen) atoms. The van der Waals surface area contributed by atoms with Crippen molar-refractivity contribution < 1.29 is 4.79 Å². The molecule has 0 radical (unpaired) electrons. The summed E-state index contributed by atoms with van der Waals surface area (Å²) in [5, 5.41) is 7.59. The van der Waals surface area contributed by atoms with Crippen LogP contribution in [0.4, 0.5) is 0 Å². The SMILES string of the molecule is Cc1nn(-c2ccccc2)c(C)c1C(=O)NCC(C)c1ccccc1. The largest absolute Gasteiger partial charge is 0.351 e. The Kier molecular flexibility index (Phi) is 4.98. The Morgan fingerprint density at radius 3 is 2.28 bits per heavy atom. The number of aryl methyl sites for hydroxylation is 1. The van der Waals surface area contributed by atoms with Gasteiger partial charge in [0, 0.05) is 6.54 Å². The molecule has 0 bridgehead atoms. The van der Waals surface area contributed by atoms with E-state index in [1.165, 1.54) is 5.56 Å². The highest BCUT2D eigenvalue weighted by Gasteiger charge is 2.19. The zero-order chi connectivity index (χ0) is 17.8. The van der Waals surface area contributed by atoms with Crippen LogP contribution in [0.2, 0.25) is 0 Å². The lowest BCUT2D eigenvalue weighted by Crippen LogP contribution is -2.28. The Morgan fingerprint density at radius 1 is 1.04 bits per heavy atom. The number of aromatic nitrogens is 2. The highest BCUT2D eigenvalue weighted by molar-refractivity contribution is 5.96. The van der Waals surface area contributed by atoms with Crippen molar-refractivity contribution in [2.24, 2.45) is 0 Å². The number of benzene rings is 2. The molecule has 1 heterocycles. The molecule has 0 saturated heterocycles. The second-order valence-corrected chi connectivity index (χ2v) is 6.31. The van der Waals surface area contributed by atoms with E-state index in [1.54, 1.807) is 0 Å². The van der Waals surface area contributed by atoms with Gasteiger partial charge in [0.25, 0.3) is 5.91 Å². The first-order valence-corrected chi connectivity index (χ1v) is 8.52. The smallest absolute Gasteiger partial charge is 0.255 e. The molecule has 3 rings (SSSR count). The highest BCUT2D eigenvalue weighted by Crippen LogP contribution is 2.18. The van der Waals surface area contributed by atoms with Crippen LogP contribution in [0.5, 0.6) is 0 Å². The molecule has 0 spiro atoms. The molecule has 0 saturated carbocycles. The Hall–Kier alpha value is -2.88. The van der Waals surface area contributed by atoms with Crippen LogP contribution in [0.15, 0.2) is 60.7 Å². The summed E-state index contributed by atoms with van der Waals surface area (Å²) in [4.78, 5) is 12.7. The van der Waals surface area contributed by atoms with Crippen LogP contribution in [0.1, 0.15) is 40.2 Å². The quantitative estimate of drug-likeness (QED) is 0.766. The van der Waals surface area contributed by atoms with E-state index in [4.69, 9.17) is 0 Å². The van der Waals surface area contributed by atoms with Crippen molar-refractivity contribution in [3.63, 3.8) is 0 Å². The minimum absolute atomic E-state index is 0.0695. The number of carbonyl (C=O) groups excluding carboxylic acids is 1. The fourth-order valence-electron chi connectivity index (χ4n) is 3.03. The Bertz CT molecular complexity index is 854. The lowest BCUT2D eigenvalue weighted by atomic mass is 10.0. The van der Waals surface area contributed by atoms with E-state index in [1.807, 2.05) is 67.1 Å². The molecule has 1 N–H and O–H groups in total. The van der Waals surface area contributed by atoms with Crippen LogP contribution in [-0.4, -0.2) is 22.2 Å². The monoisotopic (exact) mass is 333 g/mol. The van der Waals surface area contributed by atoms with Crippen molar-refractivity contribution in [2.75, 3.05) is 6.54 Å². The van der Waals surface area contributed by atoms with Gasteiger partial charge in [0.1, 0.15) is 0 Å². The molecule has 4 heteroatoms. The van der Waals surface area contributed by atoms with E-state index in [0.29, 0.717) is 12.1 Å². The summed E-state index contributed by atoms with van der Waals surface area (Å²) in [6, 6.07) is 20.1. The molecule has 1 aromatic heterocycles. The zero-order valence-electron chi connectivity index (χ0n) is 14.9. The molecule has 1 unspecified atom stereocenters. The van der Waals surface area contributed by atoms with Crippen molar-refractivity contribution in [1.82, 2.24) is 15.1 Å². The van der Waals surface area contributed by atoms with Gasteiger partial charge < -0.3 is 5.32 Å². The van der Waals surface area contributed by atoms with Crippen molar-refractivity contribution >= 4 is 5.91 Å². The van der Waals surface area contributed by atoms with Crippen molar-refractivity contribution in [3.8, 4) is 5.69 Å². The zero-order valence-corrected chi connectivity index (χ0v) is 14.9. The summed E-state index contributed by atoms with van der Waals surface area (Å²) in [5.74, 6) is 0.190. The Labute approximate surface area is 148 Å². The average molecular weight is 333 g/mol. The third kappa shape index (κ3) is 3.63. The predicted octanol–water partition coefficient (Wildman–Crippen LogP) is 4.02. The van der Waals surface area contributed by atoms with Gasteiger partial charge in [-0.15, -0.1) is 0 Å². The number of nitrogens with zero attached hydrogens (tertiary/aromatic N) is 2. The maximum absolute atomic E-state index is 12.7. The third-order valence-electron chi connectivity index (χ3n) is 4.46. The van der Waals surface area contributed by atoms with Crippen LogP contribution in [0.3, 0.4) is 0 Å². The predicted molar refractivity (Wildman–Crippen MR) is 100 cm³/mol. The van der Waals surface area contributed by atoms with Gasteiger partial charge in [-0.25, -0.2) is 4.68 Å². The first-order chi connectivity index (χ1) is 12.1. The van der Waals surface area contributed by atoms with Crippen LogP contribution < -0.4 is 5.32 Å². The van der Waals surface area contributed by atoms with E-state index in [2.05, 4.69) is 29.5 Å². The third-order valence-corrected chi connectivity index (χ3v) is 4.46. The van der Waals surface area contributed by atoms with Crippen molar-refractivity contribution in [2.45, 2.75) is 26.7 Å². The first kappa shape index (κ1) is 17.0. The molecule has 3 aromatic rings. The van der Waals surface area contributed by atoms with Gasteiger partial charge in [-0.3, -0.25) is 4.79 Å². The highest BCUT2D eigenvalue weighted by atomic mass is 16.1. The van der Waals surface area contributed by atoms with Crippen LogP contribution in [0.25, 0.3) is 5.69 Å². The normalized spacial score (nSPS) is 12.0. The molecule has 4 nitrogen and oxygen atoms in total. The minimum Gasteiger partial charge on any atom is -0.351 e. The van der Waals surface area contributed by atoms with E-state index in [9.17, 15) is 4.79 Å². The summed E-state index contributed by atoms with van der Waals surface area (Å²) in [5.41, 5.74) is 4.43. The lowest BCUT2D eigenvalue weighted by Gasteiger charge is -2.13. The van der Waals surface area contributed by atoms with Gasteiger partial charge in [0.05, 0.1) is 22.6 Å². The molecular formula is C21H23N3O. The summed E-state index contributed by atoms with van der Waals surface area (Å²) < 4.78 is 1.82. The number of amides is 1. The summed E-state index contributed by atoms with van der Waals surface area (Å²) >= 11 is 0. The second-order valence-electron chi connectivity index (χ2n) is 6.31. The summed E-state index contributed by atoms with van der Waals surface area (Å²) in [7, 11) is 0. The van der Waals surface area contributed by atoms with Crippen LogP contribution >= 0.6 is 0 Å². The lowest BCUT2D eigenvalue weighted by molar-refractivity contribution is 0.0950. The van der Waals surface area contributed by atoms with Crippen LogP contribution in [0, 0.1) is 13.8 Å². The number of hydrogen-bond donors (Lipinski definition) is 1. The van der Waals surface area contributed by atoms with Gasteiger partial charge >= 0.3 is 0 Å². The number of rotatable bonds is 5. The topological polar surface area (TPSA) is 46.9 Å².